The van der Waals surface area contributed by atoms with Gasteiger partial charge < -0.3 is 5.11 Å². The van der Waals surface area contributed by atoms with Crippen LogP contribution in [0.4, 0.5) is 0 Å². The van der Waals surface area contributed by atoms with Gasteiger partial charge in [-0.1, -0.05) is 179 Å². The van der Waals surface area contributed by atoms with Crippen molar-refractivity contribution in [1.82, 2.24) is 0 Å². The fourth-order valence-corrected chi connectivity index (χ4v) is 6.02. The Morgan fingerprint density at radius 1 is 0.405 bits per heavy atom. The molecule has 0 rings (SSSR count). The Morgan fingerprint density at radius 2 is 0.643 bits per heavy atom. The molecule has 0 saturated carbocycles. The van der Waals surface area contributed by atoms with Gasteiger partial charge in [0.05, 0.1) is 5.92 Å². The van der Waals surface area contributed by atoms with E-state index >= 15 is 0 Å². The molecule has 248 valence electrons. The van der Waals surface area contributed by atoms with E-state index in [1.807, 2.05) is 0 Å². The molecule has 0 fully saturated rings. The van der Waals surface area contributed by atoms with Crippen molar-refractivity contribution in [2.45, 2.75) is 219 Å². The van der Waals surface area contributed by atoms with E-state index in [9.17, 15) is 9.90 Å². The number of hydrogen-bond acceptors (Lipinski definition) is 1. The van der Waals surface area contributed by atoms with Crippen LogP contribution in [0.3, 0.4) is 0 Å². The molecular weight excluding hydrogens is 512 g/mol. The second kappa shape index (κ2) is 36.1. The summed E-state index contributed by atoms with van der Waals surface area (Å²) in [5.74, 6) is -0.681. The third-order valence-electron chi connectivity index (χ3n) is 8.98. The molecule has 0 aliphatic rings. The van der Waals surface area contributed by atoms with Gasteiger partial charge in [0.1, 0.15) is 0 Å². The lowest BCUT2D eigenvalue weighted by Gasteiger charge is -2.12. The summed E-state index contributed by atoms with van der Waals surface area (Å²) in [5.41, 5.74) is 0. The molecule has 0 saturated heterocycles. The van der Waals surface area contributed by atoms with Crippen molar-refractivity contribution in [1.29, 1.82) is 0 Å². The third kappa shape index (κ3) is 33.5. The van der Waals surface area contributed by atoms with Crippen molar-refractivity contribution in [2.75, 3.05) is 0 Å². The number of carboxylic acids is 1. The maximum atomic E-state index is 11.7. The van der Waals surface area contributed by atoms with Crippen LogP contribution < -0.4 is 0 Å². The topological polar surface area (TPSA) is 37.3 Å². The Labute approximate surface area is 265 Å². The highest BCUT2D eigenvalue weighted by Gasteiger charge is 2.16. The van der Waals surface area contributed by atoms with Gasteiger partial charge in [0, 0.05) is 0 Å². The first-order valence-corrected chi connectivity index (χ1v) is 19.2. The van der Waals surface area contributed by atoms with Gasteiger partial charge in [0.2, 0.25) is 0 Å². The molecule has 0 aliphatic heterocycles. The van der Waals surface area contributed by atoms with Gasteiger partial charge >= 0.3 is 5.97 Å². The van der Waals surface area contributed by atoms with Crippen molar-refractivity contribution in [3.8, 4) is 0 Å². The van der Waals surface area contributed by atoms with Gasteiger partial charge in [0.25, 0.3) is 0 Å². The van der Waals surface area contributed by atoms with Crippen LogP contribution in [0.15, 0.2) is 24.3 Å². The average Bonchev–Trinajstić information content (AvgIpc) is 2.99. The fourth-order valence-electron chi connectivity index (χ4n) is 6.02. The molecule has 1 atom stereocenters. The number of carboxylic acid groups (broad SMARTS) is 1. The van der Waals surface area contributed by atoms with Crippen LogP contribution in [0.2, 0.25) is 0 Å². The van der Waals surface area contributed by atoms with Gasteiger partial charge in [0.15, 0.2) is 0 Å². The van der Waals surface area contributed by atoms with Crippen LogP contribution in [0, 0.1) is 5.92 Å². The first-order chi connectivity index (χ1) is 20.7. The minimum absolute atomic E-state index is 0.115. The summed E-state index contributed by atoms with van der Waals surface area (Å²) in [6.07, 6.45) is 50.8. The first kappa shape index (κ1) is 41.0. The second-order valence-electron chi connectivity index (χ2n) is 13.2. The zero-order valence-electron chi connectivity index (χ0n) is 28.9. The highest BCUT2D eigenvalue weighted by molar-refractivity contribution is 5.69. The van der Waals surface area contributed by atoms with E-state index in [0.29, 0.717) is 0 Å². The first-order valence-electron chi connectivity index (χ1n) is 19.2. The predicted molar refractivity (Wildman–Crippen MR) is 188 cm³/mol. The fraction of sp³-hybridized carbons (Fsp3) is 0.875. The Morgan fingerprint density at radius 3 is 0.905 bits per heavy atom. The predicted octanol–water partition coefficient (Wildman–Crippen LogP) is 14.3. The van der Waals surface area contributed by atoms with E-state index in [0.717, 1.165) is 25.7 Å². The quantitative estimate of drug-likeness (QED) is 0.0590. The summed E-state index contributed by atoms with van der Waals surface area (Å²) in [6, 6.07) is 0. The smallest absolute Gasteiger partial charge is 0.306 e. The summed E-state index contributed by atoms with van der Waals surface area (Å²) in [5, 5.41) is 9.63. The second-order valence-corrected chi connectivity index (χ2v) is 13.2. The standard InChI is InChI=1S/C40H76O2/c1-3-5-7-9-11-13-15-17-19-21-22-24-26-28-30-32-34-36-38-39(40(41)42)37-35-33-31-29-27-25-23-20-18-16-14-12-10-8-6-4-2/h17-20,39H,3-16,21-38H2,1-2H3,(H,41,42)/b19-17-,20-18-. The van der Waals surface area contributed by atoms with Crippen LogP contribution >= 0.6 is 0 Å². The Hall–Kier alpha value is -1.05. The number of hydrogen-bond donors (Lipinski definition) is 1. The van der Waals surface area contributed by atoms with Gasteiger partial charge in [-0.2, -0.15) is 0 Å². The zero-order chi connectivity index (χ0) is 30.6. The van der Waals surface area contributed by atoms with Crippen LogP contribution in [-0.4, -0.2) is 11.1 Å². The summed E-state index contributed by atoms with van der Waals surface area (Å²) >= 11 is 0. The summed E-state index contributed by atoms with van der Waals surface area (Å²) in [7, 11) is 0. The van der Waals surface area contributed by atoms with Gasteiger partial charge in [-0.15, -0.1) is 0 Å². The molecule has 0 amide bonds. The third-order valence-corrected chi connectivity index (χ3v) is 8.98. The number of rotatable bonds is 35. The summed E-state index contributed by atoms with van der Waals surface area (Å²) < 4.78 is 0. The van der Waals surface area contributed by atoms with Gasteiger partial charge in [-0.3, -0.25) is 4.79 Å². The Bertz CT molecular complexity index is 578. The zero-order valence-corrected chi connectivity index (χ0v) is 28.9. The molecule has 1 N–H and O–H groups in total. The Balaban J connectivity index is 3.45. The SMILES string of the molecule is CCCCCCCC/C=C\CCCCCCCCCCC(CCCCCCCC/C=C\CCCCCCCC)C(=O)O. The molecule has 0 aromatic rings. The normalized spacial score (nSPS) is 12.6. The molecule has 0 bridgehead atoms. The van der Waals surface area contributed by atoms with E-state index < -0.39 is 5.97 Å². The molecule has 0 aliphatic carbocycles. The molecule has 42 heavy (non-hydrogen) atoms. The van der Waals surface area contributed by atoms with Crippen LogP contribution in [0.1, 0.15) is 219 Å². The lowest BCUT2D eigenvalue weighted by Crippen LogP contribution is -2.13. The summed E-state index contributed by atoms with van der Waals surface area (Å²) in [4.78, 5) is 11.7. The van der Waals surface area contributed by atoms with Crippen molar-refractivity contribution in [3.05, 3.63) is 24.3 Å². The molecule has 2 heteroatoms. The van der Waals surface area contributed by atoms with E-state index in [1.165, 1.54) is 180 Å². The minimum atomic E-state index is -0.566. The molecular formula is C40H76O2. The van der Waals surface area contributed by atoms with Crippen molar-refractivity contribution >= 4 is 5.97 Å². The number of aliphatic carboxylic acids is 1. The number of allylic oxidation sites excluding steroid dienone is 4. The van der Waals surface area contributed by atoms with Crippen molar-refractivity contribution in [2.24, 2.45) is 5.92 Å². The average molecular weight is 589 g/mol. The maximum absolute atomic E-state index is 11.7. The number of carbonyl (C=O) groups is 1. The largest absolute Gasteiger partial charge is 0.481 e. The van der Waals surface area contributed by atoms with Crippen molar-refractivity contribution in [3.63, 3.8) is 0 Å². The van der Waals surface area contributed by atoms with Crippen LogP contribution in [0.5, 0.6) is 0 Å². The van der Waals surface area contributed by atoms with Gasteiger partial charge in [-0.05, 0) is 64.2 Å². The molecule has 1 unspecified atom stereocenters. The molecule has 0 radical (unpaired) electrons. The highest BCUT2D eigenvalue weighted by atomic mass is 16.4. The highest BCUT2D eigenvalue weighted by Crippen LogP contribution is 2.20. The van der Waals surface area contributed by atoms with E-state index in [2.05, 4.69) is 38.2 Å². The maximum Gasteiger partial charge on any atom is 0.306 e. The molecule has 0 aromatic carbocycles. The Kier molecular flexibility index (Phi) is 35.2. The van der Waals surface area contributed by atoms with Crippen LogP contribution in [-0.2, 0) is 4.79 Å². The van der Waals surface area contributed by atoms with Crippen LogP contribution in [0.25, 0.3) is 0 Å². The lowest BCUT2D eigenvalue weighted by atomic mass is 9.94. The van der Waals surface area contributed by atoms with Crippen molar-refractivity contribution < 1.29 is 9.90 Å². The van der Waals surface area contributed by atoms with Gasteiger partial charge in [-0.25, -0.2) is 0 Å². The molecule has 0 spiro atoms. The molecule has 0 aromatic heterocycles. The van der Waals surface area contributed by atoms with E-state index in [4.69, 9.17) is 0 Å². The monoisotopic (exact) mass is 589 g/mol. The molecule has 0 heterocycles. The van der Waals surface area contributed by atoms with E-state index in [1.54, 1.807) is 0 Å². The van der Waals surface area contributed by atoms with E-state index in [-0.39, 0.29) is 5.92 Å². The summed E-state index contributed by atoms with van der Waals surface area (Å²) in [6.45, 7) is 4.56. The number of unbranched alkanes of at least 4 members (excludes halogenated alkanes) is 26. The lowest BCUT2D eigenvalue weighted by molar-refractivity contribution is -0.142. The molecule has 2 nitrogen and oxygen atoms in total. The minimum Gasteiger partial charge on any atom is -0.481 e.